The Kier molecular flexibility index (Phi) is 7.46. The van der Waals surface area contributed by atoms with Crippen LogP contribution in [0.3, 0.4) is 0 Å². The summed E-state index contributed by atoms with van der Waals surface area (Å²) in [6, 6.07) is 15.7. The van der Waals surface area contributed by atoms with Crippen molar-refractivity contribution in [3.8, 4) is 5.69 Å². The van der Waals surface area contributed by atoms with Gasteiger partial charge in [-0.25, -0.2) is 13.8 Å². The number of nitrogens with zero attached hydrogens (tertiary/aromatic N) is 2. The van der Waals surface area contributed by atoms with Gasteiger partial charge in [0.1, 0.15) is 23.1 Å². The molecule has 0 fully saturated rings. The lowest BCUT2D eigenvalue weighted by molar-refractivity contribution is -0.137. The van der Waals surface area contributed by atoms with Gasteiger partial charge in [0.15, 0.2) is 5.76 Å². The molecule has 4 aromatic rings. The molecule has 0 spiro atoms. The van der Waals surface area contributed by atoms with Crippen LogP contribution >= 0.6 is 0 Å². The van der Waals surface area contributed by atoms with Crippen molar-refractivity contribution in [1.29, 1.82) is 0 Å². The van der Waals surface area contributed by atoms with Crippen molar-refractivity contribution in [3.05, 3.63) is 118 Å². The fourth-order valence-electron chi connectivity index (χ4n) is 4.71. The molecule has 1 aliphatic rings. The highest BCUT2D eigenvalue weighted by Crippen LogP contribution is 2.35. The van der Waals surface area contributed by atoms with E-state index in [-0.39, 0.29) is 17.7 Å². The van der Waals surface area contributed by atoms with Gasteiger partial charge < -0.3 is 15.1 Å². The number of nitrogens with one attached hydrogen (secondary N) is 1. The number of carbonyl (C=O) groups is 1. The number of hydrogen-bond donors (Lipinski definition) is 3. The predicted molar refractivity (Wildman–Crippen MR) is 144 cm³/mol. The fraction of sp³-hybridized carbons (Fsp3) is 0.233. The smallest absolute Gasteiger partial charge is 0.303 e. The molecule has 0 aliphatic carbocycles. The second-order valence-electron chi connectivity index (χ2n) is 9.83. The summed E-state index contributed by atoms with van der Waals surface area (Å²) in [6.45, 7) is 1.55. The van der Waals surface area contributed by atoms with Crippen molar-refractivity contribution < 1.29 is 28.6 Å². The summed E-state index contributed by atoms with van der Waals surface area (Å²) in [4.78, 5) is 34.9. The zero-order valence-electron chi connectivity index (χ0n) is 21.6. The maximum Gasteiger partial charge on any atom is 0.303 e. The lowest BCUT2D eigenvalue weighted by atomic mass is 9.92. The molecule has 3 N–H and O–H groups in total. The average molecular weight is 548 g/mol. The zero-order valence-corrected chi connectivity index (χ0v) is 21.6. The summed E-state index contributed by atoms with van der Waals surface area (Å²) in [5, 5.41) is 20.4. The summed E-state index contributed by atoms with van der Waals surface area (Å²) in [5.74, 6) is -1.08. The largest absolute Gasteiger partial charge is 0.481 e. The van der Waals surface area contributed by atoms with Gasteiger partial charge >= 0.3 is 5.97 Å². The number of aromatic nitrogens is 2. The van der Waals surface area contributed by atoms with Gasteiger partial charge in [-0.2, -0.15) is 0 Å². The van der Waals surface area contributed by atoms with Crippen molar-refractivity contribution in [3.63, 3.8) is 0 Å². The van der Waals surface area contributed by atoms with Gasteiger partial charge in [0.2, 0.25) is 0 Å². The average Bonchev–Trinajstić information content (AvgIpc) is 3.43. The predicted octanol–water partition coefficient (Wildman–Crippen LogP) is 4.83. The van der Waals surface area contributed by atoms with E-state index in [1.54, 1.807) is 31.2 Å². The summed E-state index contributed by atoms with van der Waals surface area (Å²) in [7, 11) is 0. The standard InChI is InChI=1S/C30H27F2N3O5/c1-30(39,19-7-9-20(31)10-8-19)26-17-24(34-40-26)18-6-15-23-25(16-18)33-27(4-2-3-5-28(36)37)35(29(23)38)22-13-11-21(32)12-14-22/h6-17,24,34,39H,2-5H2,1H3,(H,36,37). The summed E-state index contributed by atoms with van der Waals surface area (Å²) >= 11 is 0. The molecule has 0 saturated carbocycles. The van der Waals surface area contributed by atoms with E-state index in [1.165, 1.54) is 53.1 Å². The number of hydroxylamine groups is 1. The number of carboxylic acid groups (broad SMARTS) is 1. The molecule has 206 valence electrons. The van der Waals surface area contributed by atoms with Crippen molar-refractivity contribution in [1.82, 2.24) is 15.0 Å². The van der Waals surface area contributed by atoms with Gasteiger partial charge in [-0.3, -0.25) is 14.2 Å². The molecule has 8 nitrogen and oxygen atoms in total. The van der Waals surface area contributed by atoms with Crippen LogP contribution in [0.1, 0.15) is 49.2 Å². The Hall–Kier alpha value is -4.41. The first-order valence-electron chi connectivity index (χ1n) is 12.8. The van der Waals surface area contributed by atoms with Gasteiger partial charge in [-0.05, 0) is 85.5 Å². The summed E-state index contributed by atoms with van der Waals surface area (Å²) < 4.78 is 28.4. The topological polar surface area (TPSA) is 114 Å². The highest BCUT2D eigenvalue weighted by molar-refractivity contribution is 5.79. The summed E-state index contributed by atoms with van der Waals surface area (Å²) in [6.07, 6.45) is 2.96. The number of aliphatic carboxylic acids is 1. The highest BCUT2D eigenvalue weighted by Gasteiger charge is 2.35. The van der Waals surface area contributed by atoms with Crippen LogP contribution in [0.5, 0.6) is 0 Å². The van der Waals surface area contributed by atoms with Crippen LogP contribution < -0.4 is 11.0 Å². The van der Waals surface area contributed by atoms with Crippen LogP contribution in [0.25, 0.3) is 16.6 Å². The Morgan fingerprint density at radius 3 is 2.40 bits per heavy atom. The van der Waals surface area contributed by atoms with Crippen LogP contribution in [0.2, 0.25) is 0 Å². The monoisotopic (exact) mass is 547 g/mol. The van der Waals surface area contributed by atoms with E-state index in [4.69, 9.17) is 14.9 Å². The second kappa shape index (κ2) is 11.0. The number of aryl methyl sites for hydroxylation is 1. The molecule has 1 aliphatic heterocycles. The number of fused-ring (bicyclic) bond motifs is 1. The normalized spacial score (nSPS) is 16.4. The van der Waals surface area contributed by atoms with E-state index in [2.05, 4.69) is 5.48 Å². The number of benzene rings is 3. The maximum absolute atomic E-state index is 13.6. The van der Waals surface area contributed by atoms with Crippen LogP contribution in [-0.2, 0) is 21.7 Å². The molecular formula is C30H27F2N3O5. The first-order valence-corrected chi connectivity index (χ1v) is 12.8. The SMILES string of the molecule is CC(O)(C1=CC(c2ccc3c(=O)n(-c4ccc(F)cc4)c(CCCCC(=O)O)nc3c2)NO1)c1ccc(F)cc1. The van der Waals surface area contributed by atoms with Crippen molar-refractivity contribution in [2.45, 2.75) is 44.2 Å². The van der Waals surface area contributed by atoms with Crippen LogP contribution in [0.4, 0.5) is 8.78 Å². The number of hydrogen-bond acceptors (Lipinski definition) is 6. The molecule has 0 amide bonds. The third-order valence-corrected chi connectivity index (χ3v) is 6.95. The highest BCUT2D eigenvalue weighted by atomic mass is 19.1. The Bertz CT molecular complexity index is 1650. The minimum Gasteiger partial charge on any atom is -0.481 e. The van der Waals surface area contributed by atoms with Crippen molar-refractivity contribution in [2.75, 3.05) is 0 Å². The molecule has 0 saturated heterocycles. The third-order valence-electron chi connectivity index (χ3n) is 6.95. The molecule has 1 aromatic heterocycles. The van der Waals surface area contributed by atoms with E-state index in [0.29, 0.717) is 47.2 Å². The minimum atomic E-state index is -1.52. The van der Waals surface area contributed by atoms with Crippen LogP contribution in [0, 0.1) is 11.6 Å². The molecule has 2 atom stereocenters. The Morgan fingerprint density at radius 2 is 1.73 bits per heavy atom. The molecule has 10 heteroatoms. The lowest BCUT2D eigenvalue weighted by Gasteiger charge is -2.23. The molecule has 2 heterocycles. The molecule has 0 bridgehead atoms. The molecular weight excluding hydrogens is 520 g/mol. The number of carboxylic acids is 1. The lowest BCUT2D eigenvalue weighted by Crippen LogP contribution is -2.26. The van der Waals surface area contributed by atoms with E-state index >= 15 is 0 Å². The zero-order chi connectivity index (χ0) is 28.4. The number of unbranched alkanes of at least 4 members (excludes halogenated alkanes) is 1. The van der Waals surface area contributed by atoms with E-state index < -0.39 is 29.2 Å². The molecule has 0 radical (unpaired) electrons. The van der Waals surface area contributed by atoms with E-state index in [1.807, 2.05) is 0 Å². The van der Waals surface area contributed by atoms with Gasteiger partial charge in [0, 0.05) is 12.8 Å². The third kappa shape index (κ3) is 5.49. The second-order valence-corrected chi connectivity index (χ2v) is 9.83. The van der Waals surface area contributed by atoms with E-state index in [0.717, 1.165) is 5.56 Å². The van der Waals surface area contributed by atoms with Gasteiger partial charge in [-0.1, -0.05) is 18.2 Å². The summed E-state index contributed by atoms with van der Waals surface area (Å²) in [5.41, 5.74) is 3.09. The van der Waals surface area contributed by atoms with Gasteiger partial charge in [0.25, 0.3) is 5.56 Å². The van der Waals surface area contributed by atoms with Crippen LogP contribution in [-0.4, -0.2) is 25.7 Å². The fourth-order valence-corrected chi connectivity index (χ4v) is 4.71. The first kappa shape index (κ1) is 27.2. The molecule has 3 aromatic carbocycles. The first-order chi connectivity index (χ1) is 19.1. The number of rotatable bonds is 9. The molecule has 2 unspecified atom stereocenters. The Balaban J connectivity index is 1.50. The number of halogens is 2. The molecule has 5 rings (SSSR count). The maximum atomic E-state index is 13.6. The molecule has 40 heavy (non-hydrogen) atoms. The minimum absolute atomic E-state index is 0.00221. The number of aliphatic hydroxyl groups is 1. The van der Waals surface area contributed by atoms with Crippen molar-refractivity contribution in [2.24, 2.45) is 0 Å². The Morgan fingerprint density at radius 1 is 1.05 bits per heavy atom. The quantitative estimate of drug-likeness (QED) is 0.257. The van der Waals surface area contributed by atoms with Gasteiger partial charge in [0.05, 0.1) is 22.6 Å². The Labute approximate surface area is 228 Å². The van der Waals surface area contributed by atoms with E-state index in [9.17, 15) is 23.5 Å². The van der Waals surface area contributed by atoms with Crippen LogP contribution in [0.15, 0.2) is 83.4 Å². The van der Waals surface area contributed by atoms with Gasteiger partial charge in [-0.15, -0.1) is 5.48 Å². The van der Waals surface area contributed by atoms with Crippen molar-refractivity contribution >= 4 is 16.9 Å².